The van der Waals surface area contributed by atoms with Crippen molar-refractivity contribution in [2.24, 2.45) is 11.3 Å². The lowest BCUT2D eigenvalue weighted by molar-refractivity contribution is 0.0772. The summed E-state index contributed by atoms with van der Waals surface area (Å²) in [6, 6.07) is 7.28. The van der Waals surface area contributed by atoms with Gasteiger partial charge in [-0.05, 0) is 74.3 Å². The average molecular weight is 491 g/mol. The van der Waals surface area contributed by atoms with E-state index in [0.717, 1.165) is 29.3 Å². The highest BCUT2D eigenvalue weighted by Crippen LogP contribution is 2.44. The molecular weight excluding hydrogens is 460 g/mol. The van der Waals surface area contributed by atoms with Gasteiger partial charge in [-0.1, -0.05) is 36.7 Å². The molecule has 0 fully saturated rings. The van der Waals surface area contributed by atoms with E-state index in [9.17, 15) is 9.59 Å². The van der Waals surface area contributed by atoms with E-state index in [4.69, 9.17) is 0 Å². The molecule has 0 spiro atoms. The number of fused-ring (bicyclic) bond motifs is 1. The van der Waals surface area contributed by atoms with Crippen LogP contribution in [0.2, 0.25) is 0 Å². The Morgan fingerprint density at radius 3 is 2.37 bits per heavy atom. The van der Waals surface area contributed by atoms with Gasteiger partial charge in [-0.15, -0.1) is 11.3 Å². The number of hydrogen-bond acceptors (Lipinski definition) is 3. The quantitative estimate of drug-likeness (QED) is 0.527. The molecule has 0 radical (unpaired) electrons. The zero-order valence-electron chi connectivity index (χ0n) is 18.5. The van der Waals surface area contributed by atoms with Gasteiger partial charge in [-0.3, -0.25) is 9.59 Å². The molecule has 0 saturated heterocycles. The number of amides is 2. The highest BCUT2D eigenvalue weighted by Gasteiger charge is 2.34. The van der Waals surface area contributed by atoms with Crippen LogP contribution in [0, 0.1) is 11.3 Å². The molecule has 6 heteroatoms. The van der Waals surface area contributed by atoms with E-state index in [0.29, 0.717) is 35.1 Å². The van der Waals surface area contributed by atoms with Gasteiger partial charge in [-0.2, -0.15) is 0 Å². The van der Waals surface area contributed by atoms with Gasteiger partial charge in [0.15, 0.2) is 0 Å². The fourth-order valence-electron chi connectivity index (χ4n) is 4.08. The second-order valence-electron chi connectivity index (χ2n) is 8.95. The number of rotatable bonds is 5. The predicted octanol–water partition coefficient (Wildman–Crippen LogP) is 6.40. The Morgan fingerprint density at radius 1 is 1.17 bits per heavy atom. The molecule has 1 N–H and O–H groups in total. The summed E-state index contributed by atoms with van der Waals surface area (Å²) >= 11 is 4.99. The molecule has 1 atom stereocenters. The van der Waals surface area contributed by atoms with Crippen molar-refractivity contribution in [2.75, 3.05) is 18.4 Å². The van der Waals surface area contributed by atoms with Crippen LogP contribution >= 0.6 is 27.3 Å². The first-order chi connectivity index (χ1) is 14.2. The lowest BCUT2D eigenvalue weighted by atomic mass is 9.72. The van der Waals surface area contributed by atoms with Crippen LogP contribution in [0.15, 0.2) is 28.7 Å². The highest BCUT2D eigenvalue weighted by molar-refractivity contribution is 9.10. The second-order valence-corrected chi connectivity index (χ2v) is 11.0. The van der Waals surface area contributed by atoms with Crippen LogP contribution in [0.1, 0.15) is 72.2 Å². The molecule has 0 aliphatic heterocycles. The SMILES string of the molecule is CCN(CC)C(=O)c1c(NC(=O)c2ccc(Br)cc2)sc2c1CCC(C(C)(C)C)C2. The molecule has 30 heavy (non-hydrogen) atoms. The molecule has 0 saturated carbocycles. The summed E-state index contributed by atoms with van der Waals surface area (Å²) in [7, 11) is 0. The maximum absolute atomic E-state index is 13.4. The molecule has 162 valence electrons. The smallest absolute Gasteiger partial charge is 0.257 e. The van der Waals surface area contributed by atoms with Crippen LogP contribution in [0.4, 0.5) is 5.00 Å². The fourth-order valence-corrected chi connectivity index (χ4v) is 5.66. The van der Waals surface area contributed by atoms with Gasteiger partial charge in [0.25, 0.3) is 11.8 Å². The number of thiophene rings is 1. The minimum atomic E-state index is -0.179. The molecule has 1 aliphatic rings. The third-order valence-corrected chi connectivity index (χ3v) is 7.79. The molecule has 1 heterocycles. The van der Waals surface area contributed by atoms with Gasteiger partial charge in [0.2, 0.25) is 0 Å². The molecule has 0 bridgehead atoms. The summed E-state index contributed by atoms with van der Waals surface area (Å²) in [6.07, 6.45) is 2.94. The van der Waals surface area contributed by atoms with Crippen LogP contribution in [0.5, 0.6) is 0 Å². The van der Waals surface area contributed by atoms with Crippen LogP contribution in [0.25, 0.3) is 0 Å². The number of anilines is 1. The first kappa shape index (κ1) is 23.0. The zero-order valence-corrected chi connectivity index (χ0v) is 20.9. The Hall–Kier alpha value is -1.66. The van der Waals surface area contributed by atoms with Gasteiger partial charge >= 0.3 is 0 Å². The maximum Gasteiger partial charge on any atom is 0.257 e. The number of hydrogen-bond donors (Lipinski definition) is 1. The van der Waals surface area contributed by atoms with Crippen LogP contribution < -0.4 is 5.32 Å². The minimum Gasteiger partial charge on any atom is -0.339 e. The summed E-state index contributed by atoms with van der Waals surface area (Å²) in [5.41, 5.74) is 2.66. The summed E-state index contributed by atoms with van der Waals surface area (Å²) in [4.78, 5) is 29.4. The Kier molecular flexibility index (Phi) is 7.08. The third kappa shape index (κ3) is 4.80. The first-order valence-electron chi connectivity index (χ1n) is 10.7. The fraction of sp³-hybridized carbons (Fsp3) is 0.500. The largest absolute Gasteiger partial charge is 0.339 e. The first-order valence-corrected chi connectivity index (χ1v) is 12.3. The molecular formula is C24H31BrN2O2S. The lowest BCUT2D eigenvalue weighted by Crippen LogP contribution is -2.32. The highest BCUT2D eigenvalue weighted by atomic mass is 79.9. The molecule has 2 aromatic rings. The van der Waals surface area contributed by atoms with E-state index in [2.05, 4.69) is 42.0 Å². The van der Waals surface area contributed by atoms with Crippen molar-refractivity contribution < 1.29 is 9.59 Å². The van der Waals surface area contributed by atoms with E-state index in [1.54, 1.807) is 23.5 Å². The van der Waals surface area contributed by atoms with Crippen molar-refractivity contribution in [3.05, 3.63) is 50.3 Å². The van der Waals surface area contributed by atoms with Crippen molar-refractivity contribution >= 4 is 44.1 Å². The van der Waals surface area contributed by atoms with Crippen LogP contribution in [-0.4, -0.2) is 29.8 Å². The van der Waals surface area contributed by atoms with E-state index < -0.39 is 0 Å². The van der Waals surface area contributed by atoms with Crippen molar-refractivity contribution in [1.82, 2.24) is 4.90 Å². The number of halogens is 1. The molecule has 1 unspecified atom stereocenters. The molecule has 4 nitrogen and oxygen atoms in total. The third-order valence-electron chi connectivity index (χ3n) is 6.09. The number of carbonyl (C=O) groups excluding carboxylic acids is 2. The van der Waals surface area contributed by atoms with Gasteiger partial charge in [0.05, 0.1) is 5.56 Å². The summed E-state index contributed by atoms with van der Waals surface area (Å²) < 4.78 is 0.927. The molecule has 1 aliphatic carbocycles. The second kappa shape index (κ2) is 9.23. The van der Waals surface area contributed by atoms with E-state index >= 15 is 0 Å². The average Bonchev–Trinajstić information content (AvgIpc) is 3.05. The van der Waals surface area contributed by atoms with Gasteiger partial charge in [0, 0.05) is 28.0 Å². The predicted molar refractivity (Wildman–Crippen MR) is 129 cm³/mol. The Morgan fingerprint density at radius 2 is 1.80 bits per heavy atom. The number of carbonyl (C=O) groups is 2. The monoisotopic (exact) mass is 490 g/mol. The molecule has 1 aromatic heterocycles. The summed E-state index contributed by atoms with van der Waals surface area (Å²) in [5.74, 6) is 0.426. The number of benzene rings is 1. The van der Waals surface area contributed by atoms with Crippen molar-refractivity contribution in [3.8, 4) is 0 Å². The zero-order chi connectivity index (χ0) is 22.1. The van der Waals surface area contributed by atoms with E-state index in [1.807, 2.05) is 30.9 Å². The topological polar surface area (TPSA) is 49.4 Å². The number of nitrogens with one attached hydrogen (secondary N) is 1. The Bertz CT molecular complexity index is 924. The lowest BCUT2D eigenvalue weighted by Gasteiger charge is -2.34. The van der Waals surface area contributed by atoms with Crippen molar-refractivity contribution in [1.29, 1.82) is 0 Å². The molecule has 3 rings (SSSR count). The minimum absolute atomic E-state index is 0.0258. The van der Waals surface area contributed by atoms with Gasteiger partial charge in [0.1, 0.15) is 5.00 Å². The van der Waals surface area contributed by atoms with Gasteiger partial charge < -0.3 is 10.2 Å². The normalized spacial score (nSPS) is 16.1. The summed E-state index contributed by atoms with van der Waals surface area (Å²) in [6.45, 7) is 12.2. The standard InChI is InChI=1S/C24H31BrN2O2S/c1-6-27(7-2)23(29)20-18-13-10-16(24(3,4)5)14-19(18)30-22(20)26-21(28)15-8-11-17(25)12-9-15/h8-9,11-12,16H,6-7,10,13-14H2,1-5H3,(H,26,28). The van der Waals surface area contributed by atoms with Gasteiger partial charge in [-0.25, -0.2) is 0 Å². The molecule has 2 amide bonds. The van der Waals surface area contributed by atoms with E-state index in [1.165, 1.54) is 4.88 Å². The summed E-state index contributed by atoms with van der Waals surface area (Å²) in [5, 5.41) is 3.75. The Balaban J connectivity index is 1.99. The Labute approximate surface area is 192 Å². The van der Waals surface area contributed by atoms with E-state index in [-0.39, 0.29) is 17.2 Å². The number of nitrogens with zero attached hydrogens (tertiary/aromatic N) is 1. The molecule has 1 aromatic carbocycles. The maximum atomic E-state index is 13.4. The van der Waals surface area contributed by atoms with Crippen LogP contribution in [0.3, 0.4) is 0 Å². The van der Waals surface area contributed by atoms with Crippen molar-refractivity contribution in [3.63, 3.8) is 0 Å². The van der Waals surface area contributed by atoms with Crippen molar-refractivity contribution in [2.45, 2.75) is 53.9 Å². The van der Waals surface area contributed by atoms with Crippen LogP contribution in [-0.2, 0) is 12.8 Å².